The molecule has 0 bridgehead atoms. The number of carbonyl (C=O) groups is 1. The van der Waals surface area contributed by atoms with Crippen molar-refractivity contribution in [1.29, 1.82) is 0 Å². The third kappa shape index (κ3) is 5.41. The highest BCUT2D eigenvalue weighted by atomic mass is 16.2. The summed E-state index contributed by atoms with van der Waals surface area (Å²) in [5.41, 5.74) is 6.56. The first-order chi connectivity index (χ1) is 8.82. The number of benzene rings is 1. The van der Waals surface area contributed by atoms with Crippen LogP contribution in [0.15, 0.2) is 30.3 Å². The van der Waals surface area contributed by atoms with Crippen LogP contribution in [-0.2, 0) is 4.79 Å². The summed E-state index contributed by atoms with van der Waals surface area (Å²) in [5, 5.41) is 6.36. The molecule has 0 saturated carbocycles. The smallest absolute Gasteiger partial charge is 0.236 e. The summed E-state index contributed by atoms with van der Waals surface area (Å²) >= 11 is 0. The van der Waals surface area contributed by atoms with Crippen LogP contribution in [0.5, 0.6) is 0 Å². The Balaban J connectivity index is 2.52. The second-order valence-electron chi connectivity index (χ2n) is 5.67. The highest BCUT2D eigenvalue weighted by Gasteiger charge is 2.22. The predicted octanol–water partition coefficient (Wildman–Crippen LogP) is 1.58. The van der Waals surface area contributed by atoms with E-state index in [1.807, 2.05) is 18.2 Å². The van der Waals surface area contributed by atoms with E-state index in [9.17, 15) is 4.79 Å². The molecule has 0 radical (unpaired) electrons. The Morgan fingerprint density at radius 1 is 1.26 bits per heavy atom. The van der Waals surface area contributed by atoms with E-state index in [2.05, 4.69) is 43.5 Å². The van der Waals surface area contributed by atoms with Gasteiger partial charge in [-0.25, -0.2) is 0 Å². The SMILES string of the molecule is CC(N)C(=O)NCC(C)(C)NC(C)c1ccccc1. The zero-order chi connectivity index (χ0) is 14.5. The molecule has 1 aromatic carbocycles. The lowest BCUT2D eigenvalue weighted by atomic mass is 10.0. The Hall–Kier alpha value is -1.39. The molecule has 0 aliphatic heterocycles. The van der Waals surface area contributed by atoms with Gasteiger partial charge in [0.2, 0.25) is 5.91 Å². The molecular formula is C15H25N3O. The normalized spacial score (nSPS) is 14.8. The van der Waals surface area contributed by atoms with Gasteiger partial charge in [-0.1, -0.05) is 30.3 Å². The van der Waals surface area contributed by atoms with Crippen molar-refractivity contribution in [1.82, 2.24) is 10.6 Å². The van der Waals surface area contributed by atoms with E-state index in [0.717, 1.165) is 0 Å². The van der Waals surface area contributed by atoms with E-state index in [4.69, 9.17) is 5.73 Å². The van der Waals surface area contributed by atoms with Crippen LogP contribution < -0.4 is 16.4 Å². The van der Waals surface area contributed by atoms with Gasteiger partial charge in [-0.3, -0.25) is 4.79 Å². The number of nitrogens with two attached hydrogens (primary N) is 1. The summed E-state index contributed by atoms with van der Waals surface area (Å²) in [4.78, 5) is 11.5. The molecule has 0 aliphatic carbocycles. The van der Waals surface area contributed by atoms with Crippen LogP contribution in [0.2, 0.25) is 0 Å². The minimum atomic E-state index is -0.470. The fourth-order valence-electron chi connectivity index (χ4n) is 1.93. The molecule has 0 fully saturated rings. The van der Waals surface area contributed by atoms with Crippen molar-refractivity contribution >= 4 is 5.91 Å². The maximum atomic E-state index is 11.5. The largest absolute Gasteiger partial charge is 0.353 e. The maximum absolute atomic E-state index is 11.5. The van der Waals surface area contributed by atoms with Gasteiger partial charge in [0, 0.05) is 18.1 Å². The quantitative estimate of drug-likeness (QED) is 0.730. The highest BCUT2D eigenvalue weighted by molar-refractivity contribution is 5.81. The summed E-state index contributed by atoms with van der Waals surface area (Å²) in [6, 6.07) is 9.99. The Morgan fingerprint density at radius 2 is 1.84 bits per heavy atom. The van der Waals surface area contributed by atoms with Crippen LogP contribution in [0, 0.1) is 0 Å². The van der Waals surface area contributed by atoms with Crippen LogP contribution in [0.1, 0.15) is 39.3 Å². The second kappa shape index (κ2) is 6.68. The van der Waals surface area contributed by atoms with Crippen LogP contribution in [0.4, 0.5) is 0 Å². The number of carbonyl (C=O) groups excluding carboxylic acids is 1. The lowest BCUT2D eigenvalue weighted by Crippen LogP contribution is -2.52. The average Bonchev–Trinajstić information content (AvgIpc) is 2.36. The average molecular weight is 263 g/mol. The number of rotatable bonds is 6. The Morgan fingerprint density at radius 3 is 2.37 bits per heavy atom. The van der Waals surface area contributed by atoms with Gasteiger partial charge in [-0.05, 0) is 33.3 Å². The van der Waals surface area contributed by atoms with E-state index >= 15 is 0 Å². The molecule has 0 spiro atoms. The summed E-state index contributed by atoms with van der Waals surface area (Å²) < 4.78 is 0. The van der Waals surface area contributed by atoms with Crippen LogP contribution in [-0.4, -0.2) is 24.0 Å². The van der Waals surface area contributed by atoms with Crippen molar-refractivity contribution in [2.45, 2.75) is 45.3 Å². The Labute approximate surface area is 115 Å². The molecule has 4 heteroatoms. The molecule has 1 amide bonds. The standard InChI is InChI=1S/C15H25N3O/c1-11(16)14(19)17-10-15(3,4)18-12(2)13-8-6-5-7-9-13/h5-9,11-12,18H,10,16H2,1-4H3,(H,17,19). The first kappa shape index (κ1) is 15.7. The van der Waals surface area contributed by atoms with Gasteiger partial charge in [-0.2, -0.15) is 0 Å². The van der Waals surface area contributed by atoms with Crippen LogP contribution in [0.3, 0.4) is 0 Å². The number of nitrogens with one attached hydrogen (secondary N) is 2. The molecule has 2 atom stereocenters. The van der Waals surface area contributed by atoms with Gasteiger partial charge in [0.1, 0.15) is 0 Å². The molecule has 0 aliphatic rings. The zero-order valence-corrected chi connectivity index (χ0v) is 12.2. The molecule has 4 N–H and O–H groups in total. The number of hydrogen-bond acceptors (Lipinski definition) is 3. The molecule has 1 aromatic rings. The van der Waals surface area contributed by atoms with E-state index in [-0.39, 0.29) is 17.5 Å². The van der Waals surface area contributed by atoms with E-state index in [0.29, 0.717) is 6.54 Å². The van der Waals surface area contributed by atoms with E-state index < -0.39 is 6.04 Å². The number of hydrogen-bond donors (Lipinski definition) is 3. The lowest BCUT2D eigenvalue weighted by molar-refractivity contribution is -0.122. The summed E-state index contributed by atoms with van der Waals surface area (Å²) in [5.74, 6) is -0.123. The van der Waals surface area contributed by atoms with Gasteiger partial charge in [0.05, 0.1) is 6.04 Å². The van der Waals surface area contributed by atoms with Crippen molar-refractivity contribution in [2.75, 3.05) is 6.54 Å². The van der Waals surface area contributed by atoms with Crippen molar-refractivity contribution in [3.8, 4) is 0 Å². The molecule has 2 unspecified atom stereocenters. The molecule has 106 valence electrons. The highest BCUT2D eigenvalue weighted by Crippen LogP contribution is 2.15. The van der Waals surface area contributed by atoms with Gasteiger partial charge < -0.3 is 16.4 Å². The fraction of sp³-hybridized carbons (Fsp3) is 0.533. The third-order valence-corrected chi connectivity index (χ3v) is 3.02. The van der Waals surface area contributed by atoms with Crippen molar-refractivity contribution in [2.24, 2.45) is 5.73 Å². The van der Waals surface area contributed by atoms with Crippen molar-refractivity contribution in [3.05, 3.63) is 35.9 Å². The van der Waals surface area contributed by atoms with Gasteiger partial charge in [0.15, 0.2) is 0 Å². The summed E-state index contributed by atoms with van der Waals surface area (Å²) in [6.07, 6.45) is 0. The third-order valence-electron chi connectivity index (χ3n) is 3.02. The first-order valence-electron chi connectivity index (χ1n) is 6.68. The van der Waals surface area contributed by atoms with Crippen molar-refractivity contribution < 1.29 is 4.79 Å². The van der Waals surface area contributed by atoms with Crippen LogP contribution in [0.25, 0.3) is 0 Å². The van der Waals surface area contributed by atoms with Gasteiger partial charge >= 0.3 is 0 Å². The molecule has 19 heavy (non-hydrogen) atoms. The van der Waals surface area contributed by atoms with E-state index in [1.54, 1.807) is 6.92 Å². The van der Waals surface area contributed by atoms with Crippen molar-refractivity contribution in [3.63, 3.8) is 0 Å². The van der Waals surface area contributed by atoms with Gasteiger partial charge in [-0.15, -0.1) is 0 Å². The molecular weight excluding hydrogens is 238 g/mol. The summed E-state index contributed by atoms with van der Waals surface area (Å²) in [7, 11) is 0. The monoisotopic (exact) mass is 263 g/mol. The predicted molar refractivity (Wildman–Crippen MR) is 78.7 cm³/mol. The minimum absolute atomic E-state index is 0.123. The van der Waals surface area contributed by atoms with Crippen LogP contribution >= 0.6 is 0 Å². The fourth-order valence-corrected chi connectivity index (χ4v) is 1.93. The molecule has 0 saturated heterocycles. The van der Waals surface area contributed by atoms with E-state index in [1.165, 1.54) is 5.56 Å². The summed E-state index contributed by atoms with van der Waals surface area (Å²) in [6.45, 7) is 8.47. The Bertz CT molecular complexity index is 401. The molecule has 4 nitrogen and oxygen atoms in total. The number of amides is 1. The second-order valence-corrected chi connectivity index (χ2v) is 5.67. The first-order valence-corrected chi connectivity index (χ1v) is 6.68. The minimum Gasteiger partial charge on any atom is -0.353 e. The zero-order valence-electron chi connectivity index (χ0n) is 12.2. The molecule has 0 aromatic heterocycles. The Kier molecular flexibility index (Phi) is 5.51. The lowest BCUT2D eigenvalue weighted by Gasteiger charge is -2.31. The van der Waals surface area contributed by atoms with Gasteiger partial charge in [0.25, 0.3) is 0 Å². The molecule has 1 rings (SSSR count). The topological polar surface area (TPSA) is 67.2 Å². The maximum Gasteiger partial charge on any atom is 0.236 e. The molecule has 0 heterocycles.